The molecule has 0 amide bonds. The van der Waals surface area contributed by atoms with E-state index in [9.17, 15) is 8.42 Å². The monoisotopic (exact) mass is 317 g/mol. The van der Waals surface area contributed by atoms with Crippen LogP contribution in [0.4, 0.5) is 0 Å². The Balaban J connectivity index is 1.80. The van der Waals surface area contributed by atoms with Crippen molar-refractivity contribution >= 4 is 10.0 Å². The summed E-state index contributed by atoms with van der Waals surface area (Å²) in [7, 11) is -1.33. The van der Waals surface area contributed by atoms with Crippen LogP contribution in [0.2, 0.25) is 0 Å². The third-order valence-corrected chi connectivity index (χ3v) is 7.02. The van der Waals surface area contributed by atoms with Crippen LogP contribution in [0.1, 0.15) is 45.4 Å². The van der Waals surface area contributed by atoms with Gasteiger partial charge in [0.05, 0.1) is 5.75 Å². The molecule has 2 aliphatic rings. The number of rotatable bonds is 6. The van der Waals surface area contributed by atoms with Crippen LogP contribution in [0, 0.1) is 0 Å². The van der Waals surface area contributed by atoms with Gasteiger partial charge in [-0.05, 0) is 58.3 Å². The van der Waals surface area contributed by atoms with E-state index in [-0.39, 0.29) is 11.8 Å². The van der Waals surface area contributed by atoms with Crippen molar-refractivity contribution in [1.29, 1.82) is 0 Å². The highest BCUT2D eigenvalue weighted by Gasteiger charge is 2.29. The van der Waals surface area contributed by atoms with Gasteiger partial charge in [-0.1, -0.05) is 13.3 Å². The molecule has 0 aromatic carbocycles. The fourth-order valence-electron chi connectivity index (χ4n) is 3.43. The second kappa shape index (κ2) is 7.90. The van der Waals surface area contributed by atoms with Gasteiger partial charge in [-0.25, -0.2) is 12.7 Å². The third-order valence-electron chi connectivity index (χ3n) is 5.09. The average Bonchev–Trinajstić information content (AvgIpc) is 2.53. The number of likely N-dealkylation sites (tertiary alicyclic amines) is 1. The Morgan fingerprint density at radius 1 is 1.19 bits per heavy atom. The number of piperidine rings is 2. The molecule has 0 aliphatic carbocycles. The molecule has 1 N–H and O–H groups in total. The Labute approximate surface area is 130 Å². The maximum atomic E-state index is 12.5. The fraction of sp³-hybridized carbons (Fsp3) is 1.00. The molecular weight excluding hydrogens is 286 g/mol. The summed E-state index contributed by atoms with van der Waals surface area (Å²) in [6.07, 6.45) is 6.24. The van der Waals surface area contributed by atoms with E-state index in [4.69, 9.17) is 0 Å². The molecule has 2 saturated heterocycles. The van der Waals surface area contributed by atoms with Gasteiger partial charge in [-0.3, -0.25) is 0 Å². The topological polar surface area (TPSA) is 52.7 Å². The third kappa shape index (κ3) is 4.91. The van der Waals surface area contributed by atoms with Crippen LogP contribution in [0.5, 0.6) is 0 Å². The molecule has 6 heteroatoms. The zero-order chi connectivity index (χ0) is 15.3. The molecule has 0 aromatic heterocycles. The van der Waals surface area contributed by atoms with Gasteiger partial charge in [0, 0.05) is 19.1 Å². The SMILES string of the molecule is CCN1CCC(N(C)S(=O)(=O)CCC2CCCCN2)CC1. The lowest BCUT2D eigenvalue weighted by atomic mass is 10.0. The predicted molar refractivity (Wildman–Crippen MR) is 86.9 cm³/mol. The van der Waals surface area contributed by atoms with E-state index in [0.717, 1.165) is 51.9 Å². The minimum absolute atomic E-state index is 0.192. The molecule has 0 spiro atoms. The highest BCUT2D eigenvalue weighted by Crippen LogP contribution is 2.19. The summed E-state index contributed by atoms with van der Waals surface area (Å²) in [6, 6.07) is 0.584. The quantitative estimate of drug-likeness (QED) is 0.801. The largest absolute Gasteiger partial charge is 0.314 e. The summed E-state index contributed by atoms with van der Waals surface area (Å²) in [5.41, 5.74) is 0. The van der Waals surface area contributed by atoms with E-state index in [1.807, 2.05) is 0 Å². The van der Waals surface area contributed by atoms with Crippen molar-refractivity contribution in [1.82, 2.24) is 14.5 Å². The van der Waals surface area contributed by atoms with Crippen molar-refractivity contribution in [2.24, 2.45) is 0 Å². The molecule has 0 radical (unpaired) electrons. The van der Waals surface area contributed by atoms with Crippen LogP contribution < -0.4 is 5.32 Å². The van der Waals surface area contributed by atoms with Crippen molar-refractivity contribution in [2.75, 3.05) is 39.0 Å². The van der Waals surface area contributed by atoms with Gasteiger partial charge in [0.2, 0.25) is 10.0 Å². The first-order valence-electron chi connectivity index (χ1n) is 8.44. The molecule has 0 saturated carbocycles. The van der Waals surface area contributed by atoms with E-state index >= 15 is 0 Å². The fourth-order valence-corrected chi connectivity index (χ4v) is 4.97. The van der Waals surface area contributed by atoms with Gasteiger partial charge in [0.1, 0.15) is 0 Å². The van der Waals surface area contributed by atoms with Crippen LogP contribution in [-0.4, -0.2) is 68.7 Å². The van der Waals surface area contributed by atoms with Gasteiger partial charge in [-0.2, -0.15) is 0 Å². The highest BCUT2D eigenvalue weighted by atomic mass is 32.2. The Bertz CT molecular complexity index is 399. The number of sulfonamides is 1. The lowest BCUT2D eigenvalue weighted by molar-refractivity contribution is 0.176. The number of hydrogen-bond donors (Lipinski definition) is 1. The molecule has 2 rings (SSSR count). The maximum absolute atomic E-state index is 12.5. The zero-order valence-electron chi connectivity index (χ0n) is 13.6. The van der Waals surface area contributed by atoms with Gasteiger partial charge < -0.3 is 10.2 Å². The van der Waals surface area contributed by atoms with Crippen molar-refractivity contribution in [3.63, 3.8) is 0 Å². The second-order valence-electron chi connectivity index (χ2n) is 6.43. The number of nitrogens with one attached hydrogen (secondary N) is 1. The van der Waals surface area contributed by atoms with Crippen molar-refractivity contribution < 1.29 is 8.42 Å². The standard InChI is InChI=1S/C15H31N3O2S/c1-3-18-11-7-15(8-12-18)17(2)21(19,20)13-9-14-6-4-5-10-16-14/h14-16H,3-13H2,1-2H3. The van der Waals surface area contributed by atoms with Crippen LogP contribution in [0.15, 0.2) is 0 Å². The van der Waals surface area contributed by atoms with Crippen LogP contribution in [0.25, 0.3) is 0 Å². The van der Waals surface area contributed by atoms with Gasteiger partial charge in [0.15, 0.2) is 0 Å². The molecule has 2 aliphatic heterocycles. The molecule has 0 bridgehead atoms. The van der Waals surface area contributed by atoms with Gasteiger partial charge in [-0.15, -0.1) is 0 Å². The first-order valence-corrected chi connectivity index (χ1v) is 10.1. The summed E-state index contributed by atoms with van der Waals surface area (Å²) in [4.78, 5) is 2.39. The van der Waals surface area contributed by atoms with Crippen molar-refractivity contribution in [3.8, 4) is 0 Å². The summed E-state index contributed by atoms with van der Waals surface area (Å²) in [6.45, 7) is 6.31. The Morgan fingerprint density at radius 3 is 2.48 bits per heavy atom. The molecular formula is C15H31N3O2S. The first-order chi connectivity index (χ1) is 10.0. The Kier molecular flexibility index (Phi) is 6.47. The Hall–Kier alpha value is -0.170. The predicted octanol–water partition coefficient (Wildman–Crippen LogP) is 1.26. The number of hydrogen-bond acceptors (Lipinski definition) is 4. The van der Waals surface area contributed by atoms with Crippen LogP contribution >= 0.6 is 0 Å². The summed E-state index contributed by atoms with van der Waals surface area (Å²) in [5.74, 6) is 0.287. The lowest BCUT2D eigenvalue weighted by Crippen LogP contribution is -2.46. The first kappa shape index (κ1) is 17.2. The maximum Gasteiger partial charge on any atom is 0.214 e. The Morgan fingerprint density at radius 2 is 1.90 bits per heavy atom. The summed E-state index contributed by atoms with van der Waals surface area (Å²) >= 11 is 0. The van der Waals surface area contributed by atoms with Gasteiger partial charge >= 0.3 is 0 Å². The molecule has 5 nitrogen and oxygen atoms in total. The van der Waals surface area contributed by atoms with E-state index in [1.165, 1.54) is 12.8 Å². The van der Waals surface area contributed by atoms with E-state index in [0.29, 0.717) is 6.04 Å². The van der Waals surface area contributed by atoms with E-state index < -0.39 is 10.0 Å². The molecule has 1 unspecified atom stereocenters. The lowest BCUT2D eigenvalue weighted by Gasteiger charge is -2.36. The van der Waals surface area contributed by atoms with Gasteiger partial charge in [0.25, 0.3) is 0 Å². The normalized spacial score (nSPS) is 26.3. The smallest absolute Gasteiger partial charge is 0.214 e. The highest BCUT2D eigenvalue weighted by molar-refractivity contribution is 7.89. The van der Waals surface area contributed by atoms with Crippen molar-refractivity contribution in [3.05, 3.63) is 0 Å². The van der Waals surface area contributed by atoms with Crippen LogP contribution in [-0.2, 0) is 10.0 Å². The summed E-state index contributed by atoms with van der Waals surface area (Å²) < 4.78 is 26.7. The minimum atomic E-state index is -3.11. The molecule has 2 heterocycles. The number of nitrogens with zero attached hydrogens (tertiary/aromatic N) is 2. The molecule has 0 aromatic rings. The zero-order valence-corrected chi connectivity index (χ0v) is 14.4. The molecule has 2 fully saturated rings. The van der Waals surface area contributed by atoms with E-state index in [1.54, 1.807) is 11.4 Å². The molecule has 124 valence electrons. The average molecular weight is 317 g/mol. The molecule has 1 atom stereocenters. The van der Waals surface area contributed by atoms with E-state index in [2.05, 4.69) is 17.1 Å². The van der Waals surface area contributed by atoms with Crippen LogP contribution in [0.3, 0.4) is 0 Å². The molecule has 21 heavy (non-hydrogen) atoms. The second-order valence-corrected chi connectivity index (χ2v) is 8.58. The minimum Gasteiger partial charge on any atom is -0.314 e. The van der Waals surface area contributed by atoms with Crippen molar-refractivity contribution in [2.45, 2.75) is 57.5 Å². The summed E-state index contributed by atoms with van der Waals surface area (Å²) in [5, 5.41) is 3.43.